The molecule has 0 radical (unpaired) electrons. The second-order valence-electron chi connectivity index (χ2n) is 7.00. The molecular weight excluding hydrogens is 330 g/mol. The number of benzene rings is 1. The van der Waals surface area contributed by atoms with Crippen LogP contribution in [0.5, 0.6) is 0 Å². The molecule has 26 heavy (non-hydrogen) atoms. The molecule has 2 N–H and O–H groups in total. The van der Waals surface area contributed by atoms with Crippen molar-refractivity contribution in [3.05, 3.63) is 52.3 Å². The van der Waals surface area contributed by atoms with Crippen LogP contribution in [0.3, 0.4) is 0 Å². The van der Waals surface area contributed by atoms with Gasteiger partial charge < -0.3 is 10.4 Å². The van der Waals surface area contributed by atoms with Gasteiger partial charge in [-0.2, -0.15) is 5.10 Å². The summed E-state index contributed by atoms with van der Waals surface area (Å²) in [5, 5.41) is 16.4. The SMILES string of the molecule is Cc1nn(CC(C)C)c(C)c1CCC(=O)NCc1ccc(C(=O)O)cc1. The molecule has 0 unspecified atom stereocenters. The first-order chi connectivity index (χ1) is 12.3. The van der Waals surface area contributed by atoms with Gasteiger partial charge in [0.05, 0.1) is 11.3 Å². The van der Waals surface area contributed by atoms with E-state index in [4.69, 9.17) is 5.11 Å². The van der Waals surface area contributed by atoms with Crippen molar-refractivity contribution in [3.8, 4) is 0 Å². The van der Waals surface area contributed by atoms with E-state index in [-0.39, 0.29) is 11.5 Å². The van der Waals surface area contributed by atoms with Crippen LogP contribution in [0.1, 0.15) is 53.1 Å². The van der Waals surface area contributed by atoms with Gasteiger partial charge in [0.1, 0.15) is 0 Å². The first-order valence-corrected chi connectivity index (χ1v) is 8.89. The Balaban J connectivity index is 1.87. The van der Waals surface area contributed by atoms with Gasteiger partial charge in [-0.3, -0.25) is 9.48 Å². The summed E-state index contributed by atoms with van der Waals surface area (Å²) < 4.78 is 2.03. The van der Waals surface area contributed by atoms with Crippen LogP contribution in [0.2, 0.25) is 0 Å². The second kappa shape index (κ2) is 8.65. The summed E-state index contributed by atoms with van der Waals surface area (Å²) in [6.07, 6.45) is 1.07. The van der Waals surface area contributed by atoms with E-state index in [0.29, 0.717) is 25.3 Å². The monoisotopic (exact) mass is 357 g/mol. The van der Waals surface area contributed by atoms with Gasteiger partial charge in [-0.25, -0.2) is 4.79 Å². The largest absolute Gasteiger partial charge is 0.478 e. The van der Waals surface area contributed by atoms with Gasteiger partial charge in [-0.1, -0.05) is 26.0 Å². The summed E-state index contributed by atoms with van der Waals surface area (Å²) in [6.45, 7) is 9.63. The lowest BCUT2D eigenvalue weighted by Crippen LogP contribution is -2.23. The number of aromatic carboxylic acids is 1. The first kappa shape index (κ1) is 19.7. The number of hydrogen-bond donors (Lipinski definition) is 2. The predicted molar refractivity (Wildman–Crippen MR) is 100 cm³/mol. The molecule has 140 valence electrons. The van der Waals surface area contributed by atoms with E-state index in [2.05, 4.69) is 31.2 Å². The quantitative estimate of drug-likeness (QED) is 0.760. The second-order valence-corrected chi connectivity index (χ2v) is 7.00. The molecule has 0 aliphatic heterocycles. The van der Waals surface area contributed by atoms with E-state index in [9.17, 15) is 9.59 Å². The zero-order valence-electron chi connectivity index (χ0n) is 15.9. The number of aryl methyl sites for hydroxylation is 1. The topological polar surface area (TPSA) is 84.2 Å². The Bertz CT molecular complexity index is 776. The number of nitrogens with zero attached hydrogens (tertiary/aromatic N) is 2. The minimum Gasteiger partial charge on any atom is -0.478 e. The highest BCUT2D eigenvalue weighted by Crippen LogP contribution is 2.16. The Morgan fingerprint density at radius 1 is 1.19 bits per heavy atom. The maximum atomic E-state index is 12.1. The highest BCUT2D eigenvalue weighted by molar-refractivity contribution is 5.87. The Morgan fingerprint density at radius 2 is 1.85 bits per heavy atom. The van der Waals surface area contributed by atoms with Crippen molar-refractivity contribution in [1.82, 2.24) is 15.1 Å². The Labute approximate surface area is 154 Å². The van der Waals surface area contributed by atoms with Crippen LogP contribution in [0.25, 0.3) is 0 Å². The molecule has 6 heteroatoms. The van der Waals surface area contributed by atoms with Gasteiger partial charge >= 0.3 is 5.97 Å². The van der Waals surface area contributed by atoms with Crippen molar-refractivity contribution in [2.24, 2.45) is 5.92 Å². The summed E-state index contributed by atoms with van der Waals surface area (Å²) >= 11 is 0. The van der Waals surface area contributed by atoms with Gasteiger partial charge in [0.2, 0.25) is 5.91 Å². The number of aromatic nitrogens is 2. The summed E-state index contributed by atoms with van der Waals surface area (Å²) in [5.41, 5.74) is 4.38. The Morgan fingerprint density at radius 3 is 2.42 bits per heavy atom. The number of carbonyl (C=O) groups is 2. The standard InChI is InChI=1S/C20H27N3O3/c1-13(2)12-23-15(4)18(14(3)22-23)9-10-19(24)21-11-16-5-7-17(8-6-16)20(25)26/h5-8,13H,9-12H2,1-4H3,(H,21,24)(H,25,26). The molecule has 0 atom stereocenters. The summed E-state index contributed by atoms with van der Waals surface area (Å²) in [5.74, 6) is -0.455. The fraction of sp³-hybridized carbons (Fsp3) is 0.450. The molecule has 0 saturated carbocycles. The first-order valence-electron chi connectivity index (χ1n) is 8.89. The van der Waals surface area contributed by atoms with Gasteiger partial charge in [-0.05, 0) is 49.4 Å². The molecule has 6 nitrogen and oxygen atoms in total. The molecule has 0 spiro atoms. The molecule has 0 saturated heterocycles. The van der Waals surface area contributed by atoms with Crippen LogP contribution in [-0.4, -0.2) is 26.8 Å². The number of carboxylic acid groups (broad SMARTS) is 1. The Kier molecular flexibility index (Phi) is 6.55. The lowest BCUT2D eigenvalue weighted by atomic mass is 10.1. The van der Waals surface area contributed by atoms with E-state index >= 15 is 0 Å². The molecule has 2 rings (SSSR count). The molecular formula is C20H27N3O3. The molecule has 0 fully saturated rings. The summed E-state index contributed by atoms with van der Waals surface area (Å²) in [7, 11) is 0. The predicted octanol–water partition coefficient (Wildman–Crippen LogP) is 3.10. The maximum absolute atomic E-state index is 12.1. The number of carbonyl (C=O) groups excluding carboxylic acids is 1. The fourth-order valence-electron chi connectivity index (χ4n) is 2.91. The summed E-state index contributed by atoms with van der Waals surface area (Å²) in [4.78, 5) is 23.0. The lowest BCUT2D eigenvalue weighted by molar-refractivity contribution is -0.121. The number of amides is 1. The fourth-order valence-corrected chi connectivity index (χ4v) is 2.91. The van der Waals surface area contributed by atoms with Crippen molar-refractivity contribution < 1.29 is 14.7 Å². The van der Waals surface area contributed by atoms with E-state index in [1.54, 1.807) is 24.3 Å². The zero-order valence-corrected chi connectivity index (χ0v) is 15.9. The van der Waals surface area contributed by atoms with Crippen LogP contribution in [-0.2, 0) is 24.3 Å². The molecule has 2 aromatic rings. The van der Waals surface area contributed by atoms with Crippen LogP contribution < -0.4 is 5.32 Å². The van der Waals surface area contributed by atoms with Crippen molar-refractivity contribution in [2.75, 3.05) is 0 Å². The van der Waals surface area contributed by atoms with Crippen molar-refractivity contribution in [3.63, 3.8) is 0 Å². The van der Waals surface area contributed by atoms with Crippen molar-refractivity contribution >= 4 is 11.9 Å². The molecule has 0 bridgehead atoms. The maximum Gasteiger partial charge on any atom is 0.335 e. The Hall–Kier alpha value is -2.63. The number of rotatable bonds is 8. The van der Waals surface area contributed by atoms with Gasteiger partial charge in [0.25, 0.3) is 0 Å². The molecule has 0 aliphatic carbocycles. The van der Waals surface area contributed by atoms with E-state index < -0.39 is 5.97 Å². The average molecular weight is 357 g/mol. The smallest absolute Gasteiger partial charge is 0.335 e. The van der Waals surface area contributed by atoms with Crippen molar-refractivity contribution in [2.45, 2.75) is 53.6 Å². The van der Waals surface area contributed by atoms with E-state index in [0.717, 1.165) is 29.1 Å². The van der Waals surface area contributed by atoms with Crippen LogP contribution in [0.4, 0.5) is 0 Å². The van der Waals surface area contributed by atoms with Crippen LogP contribution >= 0.6 is 0 Å². The number of hydrogen-bond acceptors (Lipinski definition) is 3. The normalized spacial score (nSPS) is 11.0. The van der Waals surface area contributed by atoms with Crippen molar-refractivity contribution in [1.29, 1.82) is 0 Å². The third-order valence-corrected chi connectivity index (χ3v) is 4.36. The van der Waals surface area contributed by atoms with Crippen LogP contribution in [0, 0.1) is 19.8 Å². The molecule has 1 aromatic heterocycles. The van der Waals surface area contributed by atoms with E-state index in [1.165, 1.54) is 0 Å². The minimum atomic E-state index is -0.954. The zero-order chi connectivity index (χ0) is 19.3. The average Bonchev–Trinajstić information content (AvgIpc) is 2.84. The third-order valence-electron chi connectivity index (χ3n) is 4.36. The molecule has 1 amide bonds. The number of carboxylic acids is 1. The highest BCUT2D eigenvalue weighted by Gasteiger charge is 2.13. The lowest BCUT2D eigenvalue weighted by Gasteiger charge is -2.08. The third kappa shape index (κ3) is 5.18. The van der Waals surface area contributed by atoms with Gasteiger partial charge in [0.15, 0.2) is 0 Å². The summed E-state index contributed by atoms with van der Waals surface area (Å²) in [6, 6.07) is 6.52. The number of nitrogens with one attached hydrogen (secondary N) is 1. The molecule has 1 heterocycles. The van der Waals surface area contributed by atoms with Gasteiger partial charge in [0, 0.05) is 25.2 Å². The molecule has 0 aliphatic rings. The van der Waals surface area contributed by atoms with Gasteiger partial charge in [-0.15, -0.1) is 0 Å². The minimum absolute atomic E-state index is 0.0253. The van der Waals surface area contributed by atoms with E-state index in [1.807, 2.05) is 11.6 Å². The highest BCUT2D eigenvalue weighted by atomic mass is 16.4. The van der Waals surface area contributed by atoms with Crippen LogP contribution in [0.15, 0.2) is 24.3 Å². The molecule has 1 aromatic carbocycles.